The van der Waals surface area contributed by atoms with Crippen molar-refractivity contribution in [1.82, 2.24) is 14.9 Å². The van der Waals surface area contributed by atoms with Crippen LogP contribution in [0.3, 0.4) is 0 Å². The smallest absolute Gasteiger partial charge is 0.244 e. The number of aryl methyl sites for hydroxylation is 1. The van der Waals surface area contributed by atoms with Crippen LogP contribution >= 0.6 is 0 Å². The van der Waals surface area contributed by atoms with Gasteiger partial charge >= 0.3 is 0 Å². The Hall–Kier alpha value is -3.21. The minimum atomic E-state index is -0.354. The maximum absolute atomic E-state index is 13.6. The molecule has 1 N–H and O–H groups in total. The molecular formula is C21H20FN3O. The van der Waals surface area contributed by atoms with Crippen molar-refractivity contribution in [2.45, 2.75) is 19.9 Å². The highest BCUT2D eigenvalue weighted by molar-refractivity contribution is 5.92. The molecule has 1 heterocycles. The van der Waals surface area contributed by atoms with Crippen LogP contribution in [0.1, 0.15) is 29.9 Å². The van der Waals surface area contributed by atoms with E-state index in [2.05, 4.69) is 10.3 Å². The summed E-state index contributed by atoms with van der Waals surface area (Å²) < 4.78 is 15.6. The average molecular weight is 349 g/mol. The summed E-state index contributed by atoms with van der Waals surface area (Å²) in [5.41, 5.74) is 2.34. The van der Waals surface area contributed by atoms with Crippen LogP contribution in [0, 0.1) is 12.7 Å². The maximum atomic E-state index is 13.6. The summed E-state index contributed by atoms with van der Waals surface area (Å²) in [5.74, 6) is 0.268. The van der Waals surface area contributed by atoms with Crippen LogP contribution in [-0.2, 0) is 4.79 Å². The van der Waals surface area contributed by atoms with Gasteiger partial charge in [-0.2, -0.15) is 0 Å². The number of nitrogens with one attached hydrogen (secondary N) is 1. The van der Waals surface area contributed by atoms with Crippen LogP contribution in [-0.4, -0.2) is 15.5 Å². The minimum absolute atomic E-state index is 0.184. The minimum Gasteiger partial charge on any atom is -0.346 e. The lowest BCUT2D eigenvalue weighted by Gasteiger charge is -2.15. The Bertz CT molecular complexity index is 946. The van der Waals surface area contributed by atoms with Crippen molar-refractivity contribution in [1.29, 1.82) is 0 Å². The highest BCUT2D eigenvalue weighted by Crippen LogP contribution is 2.18. The molecule has 0 bridgehead atoms. The van der Waals surface area contributed by atoms with Gasteiger partial charge in [0.15, 0.2) is 0 Å². The number of amides is 1. The lowest BCUT2D eigenvalue weighted by atomic mass is 10.1. The van der Waals surface area contributed by atoms with Gasteiger partial charge in [-0.3, -0.25) is 4.79 Å². The molecule has 5 heteroatoms. The SMILES string of the molecule is Cc1nccn1-c1cccc([C@H](C)NC(=O)C=Cc2ccccc2F)c1. The van der Waals surface area contributed by atoms with Gasteiger partial charge in [0, 0.05) is 29.7 Å². The van der Waals surface area contributed by atoms with Gasteiger partial charge < -0.3 is 9.88 Å². The van der Waals surface area contributed by atoms with Crippen molar-refractivity contribution in [3.8, 4) is 5.69 Å². The van der Waals surface area contributed by atoms with E-state index >= 15 is 0 Å². The predicted molar refractivity (Wildman–Crippen MR) is 100 cm³/mol. The molecule has 2 aromatic carbocycles. The first kappa shape index (κ1) is 17.6. The highest BCUT2D eigenvalue weighted by Gasteiger charge is 2.09. The van der Waals surface area contributed by atoms with Gasteiger partial charge in [0.25, 0.3) is 0 Å². The molecule has 0 saturated carbocycles. The van der Waals surface area contributed by atoms with Crippen LogP contribution in [0.2, 0.25) is 0 Å². The van der Waals surface area contributed by atoms with Crippen LogP contribution in [0.5, 0.6) is 0 Å². The molecule has 0 unspecified atom stereocenters. The second-order valence-corrected chi connectivity index (χ2v) is 6.02. The molecule has 0 aliphatic heterocycles. The third-order valence-corrected chi connectivity index (χ3v) is 4.15. The molecule has 0 radical (unpaired) electrons. The quantitative estimate of drug-likeness (QED) is 0.702. The number of aromatic nitrogens is 2. The van der Waals surface area contributed by atoms with Crippen molar-refractivity contribution < 1.29 is 9.18 Å². The lowest BCUT2D eigenvalue weighted by Crippen LogP contribution is -2.24. The summed E-state index contributed by atoms with van der Waals surface area (Å²) in [6.45, 7) is 3.85. The van der Waals surface area contributed by atoms with Crippen molar-refractivity contribution in [2.75, 3.05) is 0 Å². The fraction of sp³-hybridized carbons (Fsp3) is 0.143. The van der Waals surface area contributed by atoms with Crippen LogP contribution in [0.25, 0.3) is 11.8 Å². The van der Waals surface area contributed by atoms with E-state index in [9.17, 15) is 9.18 Å². The maximum Gasteiger partial charge on any atom is 0.244 e. The normalized spacial score (nSPS) is 12.3. The summed E-state index contributed by atoms with van der Waals surface area (Å²) >= 11 is 0. The van der Waals surface area contributed by atoms with E-state index < -0.39 is 0 Å². The Morgan fingerprint density at radius 1 is 1.23 bits per heavy atom. The van der Waals surface area contributed by atoms with Gasteiger partial charge in [0.05, 0.1) is 6.04 Å². The first-order valence-electron chi connectivity index (χ1n) is 8.38. The van der Waals surface area contributed by atoms with Gasteiger partial charge in [-0.15, -0.1) is 0 Å². The number of carbonyl (C=O) groups is 1. The molecule has 0 aliphatic carbocycles. The summed E-state index contributed by atoms with van der Waals surface area (Å²) in [7, 11) is 0. The number of imidazole rings is 1. The van der Waals surface area contributed by atoms with Gasteiger partial charge in [0.2, 0.25) is 5.91 Å². The number of halogens is 1. The third-order valence-electron chi connectivity index (χ3n) is 4.15. The topological polar surface area (TPSA) is 46.9 Å². The van der Waals surface area contributed by atoms with Crippen LogP contribution in [0.4, 0.5) is 4.39 Å². The number of rotatable bonds is 5. The van der Waals surface area contributed by atoms with Crippen molar-refractivity contribution in [2.24, 2.45) is 0 Å². The summed E-state index contributed by atoms with van der Waals surface area (Å²) in [6, 6.07) is 14.1. The number of nitrogens with zero attached hydrogens (tertiary/aromatic N) is 2. The highest BCUT2D eigenvalue weighted by atomic mass is 19.1. The van der Waals surface area contributed by atoms with Gasteiger partial charge in [-0.25, -0.2) is 9.37 Å². The fourth-order valence-electron chi connectivity index (χ4n) is 2.72. The molecule has 3 rings (SSSR count). The van der Waals surface area contributed by atoms with Gasteiger partial charge in [0.1, 0.15) is 11.6 Å². The Balaban J connectivity index is 1.70. The number of hydrogen-bond acceptors (Lipinski definition) is 2. The Morgan fingerprint density at radius 3 is 2.77 bits per heavy atom. The van der Waals surface area contributed by atoms with Crippen molar-refractivity contribution in [3.63, 3.8) is 0 Å². The fourth-order valence-corrected chi connectivity index (χ4v) is 2.72. The molecule has 0 aliphatic rings. The predicted octanol–water partition coefficient (Wildman–Crippen LogP) is 4.21. The van der Waals surface area contributed by atoms with Crippen LogP contribution in [0.15, 0.2) is 67.0 Å². The summed E-state index contributed by atoms with van der Waals surface area (Å²) in [6.07, 6.45) is 6.47. The van der Waals surface area contributed by atoms with E-state index in [-0.39, 0.29) is 17.8 Å². The van der Waals surface area contributed by atoms with E-state index in [0.717, 1.165) is 17.1 Å². The van der Waals surface area contributed by atoms with E-state index in [1.54, 1.807) is 24.4 Å². The molecule has 0 fully saturated rings. The molecule has 26 heavy (non-hydrogen) atoms. The van der Waals surface area contributed by atoms with E-state index in [1.165, 1.54) is 18.2 Å². The third kappa shape index (κ3) is 4.06. The first-order chi connectivity index (χ1) is 12.5. The van der Waals surface area contributed by atoms with Crippen molar-refractivity contribution >= 4 is 12.0 Å². The van der Waals surface area contributed by atoms with Gasteiger partial charge in [-0.05, 0) is 43.7 Å². The standard InChI is InChI=1S/C21H20FN3O/c1-15(24-21(26)11-10-17-6-3-4-9-20(17)22)18-7-5-8-19(14-18)25-13-12-23-16(25)2/h3-15H,1-2H3,(H,24,26)/t15-/m0/s1. The zero-order valence-corrected chi connectivity index (χ0v) is 14.7. The Labute approximate surface area is 152 Å². The Morgan fingerprint density at radius 2 is 2.04 bits per heavy atom. The summed E-state index contributed by atoms with van der Waals surface area (Å²) in [5, 5.41) is 2.90. The monoisotopic (exact) mass is 349 g/mol. The number of benzene rings is 2. The molecule has 132 valence electrons. The number of carbonyl (C=O) groups excluding carboxylic acids is 1. The molecule has 3 aromatic rings. The average Bonchev–Trinajstić information content (AvgIpc) is 3.07. The largest absolute Gasteiger partial charge is 0.346 e. The van der Waals surface area contributed by atoms with Gasteiger partial charge in [-0.1, -0.05) is 30.3 Å². The van der Waals surface area contributed by atoms with Crippen molar-refractivity contribution in [3.05, 3.63) is 89.8 Å². The van der Waals surface area contributed by atoms with E-state index in [0.29, 0.717) is 5.56 Å². The van der Waals surface area contributed by atoms with Crippen LogP contribution < -0.4 is 5.32 Å². The zero-order chi connectivity index (χ0) is 18.5. The molecule has 1 amide bonds. The molecule has 0 saturated heterocycles. The lowest BCUT2D eigenvalue weighted by molar-refractivity contribution is -0.117. The Kier molecular flexibility index (Phi) is 5.27. The molecule has 0 spiro atoms. The molecule has 4 nitrogen and oxygen atoms in total. The molecular weight excluding hydrogens is 329 g/mol. The van der Waals surface area contributed by atoms with E-state index in [4.69, 9.17) is 0 Å². The number of hydrogen-bond donors (Lipinski definition) is 1. The zero-order valence-electron chi connectivity index (χ0n) is 14.7. The van der Waals surface area contributed by atoms with E-state index in [1.807, 2.05) is 48.9 Å². The first-order valence-corrected chi connectivity index (χ1v) is 8.38. The molecule has 1 atom stereocenters. The summed E-state index contributed by atoms with van der Waals surface area (Å²) in [4.78, 5) is 16.4. The second-order valence-electron chi connectivity index (χ2n) is 6.02. The molecule has 1 aromatic heterocycles. The second kappa shape index (κ2) is 7.78.